The van der Waals surface area contributed by atoms with Gasteiger partial charge in [0.15, 0.2) is 0 Å². The van der Waals surface area contributed by atoms with Crippen LogP contribution in [0.2, 0.25) is 0 Å². The summed E-state index contributed by atoms with van der Waals surface area (Å²) in [5, 5.41) is 3.00. The molecule has 0 aromatic carbocycles. The Morgan fingerprint density at radius 1 is 1.00 bits per heavy atom. The van der Waals surface area contributed by atoms with E-state index in [-0.39, 0.29) is 11.5 Å². The zero-order valence-electron chi connectivity index (χ0n) is 16.8. The maximum atomic E-state index is 12.0. The summed E-state index contributed by atoms with van der Waals surface area (Å²) >= 11 is 0. The van der Waals surface area contributed by atoms with E-state index in [1.54, 1.807) is 0 Å². The second kappa shape index (κ2) is 9.73. The minimum absolute atomic E-state index is 0.101. The van der Waals surface area contributed by atoms with Gasteiger partial charge in [0.2, 0.25) is 5.91 Å². The molecule has 5 heteroatoms. The molecule has 0 radical (unpaired) electrons. The Bertz CT molecular complexity index is 364. The molecule has 1 rings (SSSR count). The van der Waals surface area contributed by atoms with Crippen LogP contribution in [0.3, 0.4) is 0 Å². The van der Waals surface area contributed by atoms with Gasteiger partial charge in [-0.3, -0.25) is 9.69 Å². The molecule has 1 aliphatic heterocycles. The van der Waals surface area contributed by atoms with Gasteiger partial charge in [0, 0.05) is 39.3 Å². The summed E-state index contributed by atoms with van der Waals surface area (Å²) in [7, 11) is 0. The van der Waals surface area contributed by atoms with E-state index in [1.165, 1.54) is 6.42 Å². The average Bonchev–Trinajstić information content (AvgIpc) is 2.44. The number of amides is 1. The minimum Gasteiger partial charge on any atom is -0.376 e. The van der Waals surface area contributed by atoms with E-state index in [0.717, 1.165) is 39.1 Å². The average molecular weight is 342 g/mol. The molecule has 0 bridgehead atoms. The zero-order valence-corrected chi connectivity index (χ0v) is 16.8. The largest absolute Gasteiger partial charge is 0.376 e. The van der Waals surface area contributed by atoms with Crippen molar-refractivity contribution in [3.8, 4) is 0 Å². The number of ether oxygens (including phenoxy) is 1. The van der Waals surface area contributed by atoms with Crippen LogP contribution in [0.4, 0.5) is 0 Å². The normalized spacial score (nSPS) is 17.9. The molecule has 1 amide bonds. The van der Waals surface area contributed by atoms with Crippen molar-refractivity contribution >= 4 is 5.91 Å². The van der Waals surface area contributed by atoms with Crippen molar-refractivity contribution in [1.82, 2.24) is 15.1 Å². The van der Waals surface area contributed by atoms with E-state index in [0.29, 0.717) is 25.1 Å². The van der Waals surface area contributed by atoms with E-state index >= 15 is 0 Å². The molecule has 0 unspecified atom stereocenters. The molecule has 0 aromatic rings. The van der Waals surface area contributed by atoms with Crippen LogP contribution in [-0.4, -0.2) is 73.7 Å². The van der Waals surface area contributed by atoms with Crippen LogP contribution in [0.15, 0.2) is 0 Å². The van der Waals surface area contributed by atoms with Gasteiger partial charge in [-0.05, 0) is 45.6 Å². The molecular weight excluding hydrogens is 302 g/mol. The first-order valence-electron chi connectivity index (χ1n) is 9.40. The third-order valence-electron chi connectivity index (χ3n) is 4.19. The van der Waals surface area contributed by atoms with Gasteiger partial charge in [-0.15, -0.1) is 0 Å². The highest BCUT2D eigenvalue weighted by atomic mass is 16.5. The Morgan fingerprint density at radius 2 is 1.58 bits per heavy atom. The Kier molecular flexibility index (Phi) is 8.68. The molecule has 1 saturated heterocycles. The van der Waals surface area contributed by atoms with Gasteiger partial charge in [0.25, 0.3) is 0 Å². The number of rotatable bonds is 8. The van der Waals surface area contributed by atoms with E-state index in [2.05, 4.69) is 35.9 Å². The molecule has 1 heterocycles. The van der Waals surface area contributed by atoms with Crippen molar-refractivity contribution in [2.45, 2.75) is 60.0 Å². The van der Waals surface area contributed by atoms with Crippen LogP contribution in [0.5, 0.6) is 0 Å². The molecule has 0 saturated carbocycles. The lowest BCUT2D eigenvalue weighted by molar-refractivity contribution is -0.122. The summed E-state index contributed by atoms with van der Waals surface area (Å²) in [5.41, 5.74) is 0.296. The van der Waals surface area contributed by atoms with Crippen molar-refractivity contribution in [3.63, 3.8) is 0 Å². The van der Waals surface area contributed by atoms with Gasteiger partial charge in [-0.2, -0.15) is 0 Å². The minimum atomic E-state index is -0.101. The van der Waals surface area contributed by atoms with Crippen molar-refractivity contribution in [2.24, 2.45) is 5.41 Å². The topological polar surface area (TPSA) is 44.8 Å². The summed E-state index contributed by atoms with van der Waals surface area (Å²) in [6, 6.07) is 0. The summed E-state index contributed by atoms with van der Waals surface area (Å²) < 4.78 is 5.65. The molecular formula is C19H39N3O2. The van der Waals surface area contributed by atoms with Crippen LogP contribution in [0.25, 0.3) is 0 Å². The predicted octanol–water partition coefficient (Wildman–Crippen LogP) is 2.36. The standard InChI is InChI=1S/C19H39N3O2/c1-18(2,3)8-10-21-11-13-22(14-12-21)16-17(23)20-9-7-15-24-19(4,5)6/h7-16H2,1-6H3,(H,20,23). The molecule has 1 N–H and O–H groups in total. The quantitative estimate of drug-likeness (QED) is 0.689. The fraction of sp³-hybridized carbons (Fsp3) is 0.947. The molecule has 0 spiro atoms. The number of hydrogen-bond donors (Lipinski definition) is 1. The molecule has 0 aliphatic carbocycles. The highest BCUT2D eigenvalue weighted by molar-refractivity contribution is 5.77. The SMILES string of the molecule is CC(C)(C)CCN1CCN(CC(=O)NCCCOC(C)(C)C)CC1. The second-order valence-corrected chi connectivity index (χ2v) is 9.09. The van der Waals surface area contributed by atoms with Crippen LogP contribution in [0, 0.1) is 5.41 Å². The number of nitrogens with one attached hydrogen (secondary N) is 1. The maximum Gasteiger partial charge on any atom is 0.234 e. The van der Waals surface area contributed by atoms with E-state index in [9.17, 15) is 4.79 Å². The highest BCUT2D eigenvalue weighted by Crippen LogP contribution is 2.19. The fourth-order valence-corrected chi connectivity index (χ4v) is 2.60. The van der Waals surface area contributed by atoms with E-state index in [4.69, 9.17) is 4.74 Å². The molecule has 24 heavy (non-hydrogen) atoms. The smallest absolute Gasteiger partial charge is 0.234 e. The number of piperazine rings is 1. The Balaban J connectivity index is 2.08. The molecule has 1 fully saturated rings. The van der Waals surface area contributed by atoms with Crippen LogP contribution in [0.1, 0.15) is 54.4 Å². The zero-order chi connectivity index (χ0) is 18.2. The lowest BCUT2D eigenvalue weighted by atomic mass is 9.92. The van der Waals surface area contributed by atoms with Gasteiger partial charge >= 0.3 is 0 Å². The number of carbonyl (C=O) groups excluding carboxylic acids is 1. The summed E-state index contributed by atoms with van der Waals surface area (Å²) in [5.74, 6) is 0.133. The predicted molar refractivity (Wildman–Crippen MR) is 100 cm³/mol. The van der Waals surface area contributed by atoms with Crippen LogP contribution < -0.4 is 5.32 Å². The van der Waals surface area contributed by atoms with Crippen molar-refractivity contribution in [2.75, 3.05) is 52.4 Å². The maximum absolute atomic E-state index is 12.0. The van der Waals surface area contributed by atoms with Crippen LogP contribution in [-0.2, 0) is 9.53 Å². The third kappa shape index (κ3) is 11.0. The van der Waals surface area contributed by atoms with E-state index in [1.807, 2.05) is 20.8 Å². The molecule has 1 aliphatic rings. The van der Waals surface area contributed by atoms with Gasteiger partial charge in [-0.1, -0.05) is 20.8 Å². The van der Waals surface area contributed by atoms with Gasteiger partial charge in [0.05, 0.1) is 12.1 Å². The van der Waals surface area contributed by atoms with Crippen molar-refractivity contribution in [1.29, 1.82) is 0 Å². The first-order valence-corrected chi connectivity index (χ1v) is 9.40. The first-order chi connectivity index (χ1) is 11.1. The third-order valence-corrected chi connectivity index (χ3v) is 4.19. The number of carbonyl (C=O) groups is 1. The van der Waals surface area contributed by atoms with Crippen molar-refractivity contribution in [3.05, 3.63) is 0 Å². The molecule has 0 aromatic heterocycles. The van der Waals surface area contributed by atoms with Gasteiger partial charge in [-0.25, -0.2) is 0 Å². The lowest BCUT2D eigenvalue weighted by Gasteiger charge is -2.35. The van der Waals surface area contributed by atoms with Gasteiger partial charge in [0.1, 0.15) is 0 Å². The first kappa shape index (κ1) is 21.4. The number of hydrogen-bond acceptors (Lipinski definition) is 4. The monoisotopic (exact) mass is 341 g/mol. The van der Waals surface area contributed by atoms with E-state index < -0.39 is 0 Å². The Hall–Kier alpha value is -0.650. The Labute approximate surface area is 149 Å². The Morgan fingerprint density at radius 3 is 2.12 bits per heavy atom. The molecule has 0 atom stereocenters. The lowest BCUT2D eigenvalue weighted by Crippen LogP contribution is -2.50. The summed E-state index contributed by atoms with van der Waals surface area (Å²) in [6.45, 7) is 20.2. The summed E-state index contributed by atoms with van der Waals surface area (Å²) in [6.07, 6.45) is 2.09. The fourth-order valence-electron chi connectivity index (χ4n) is 2.60. The molecule has 142 valence electrons. The molecule has 5 nitrogen and oxygen atoms in total. The summed E-state index contributed by atoms with van der Waals surface area (Å²) in [4.78, 5) is 16.8. The second-order valence-electron chi connectivity index (χ2n) is 9.09. The number of nitrogens with zero attached hydrogens (tertiary/aromatic N) is 2. The van der Waals surface area contributed by atoms with Crippen molar-refractivity contribution < 1.29 is 9.53 Å². The highest BCUT2D eigenvalue weighted by Gasteiger charge is 2.20. The van der Waals surface area contributed by atoms with Gasteiger partial charge < -0.3 is 15.0 Å². The van der Waals surface area contributed by atoms with Crippen LogP contribution >= 0.6 is 0 Å².